The van der Waals surface area contributed by atoms with E-state index in [1.54, 1.807) is 20.8 Å². The number of nitrogens with one attached hydrogen (secondary N) is 1. The van der Waals surface area contributed by atoms with Crippen LogP contribution < -0.4 is 5.32 Å². The highest BCUT2D eigenvalue weighted by Gasteiger charge is 2.80. The molecule has 10 nitrogen and oxygen atoms in total. The molecule has 0 unspecified atom stereocenters. The van der Waals surface area contributed by atoms with Crippen molar-refractivity contribution in [2.24, 2.45) is 11.3 Å². The highest BCUT2D eigenvalue weighted by atomic mass is 35.5. The second kappa shape index (κ2) is 8.02. The first-order valence-corrected chi connectivity index (χ1v) is 11.6. The summed E-state index contributed by atoms with van der Waals surface area (Å²) in [5, 5.41) is 15.0. The summed E-state index contributed by atoms with van der Waals surface area (Å²) < 4.78 is 17.5. The zero-order chi connectivity index (χ0) is 22.6. The molecule has 3 aliphatic rings. The van der Waals surface area contributed by atoms with Gasteiger partial charge in [-0.1, -0.05) is 30.3 Å². The largest absolute Gasteiger partial charge is 0.465 e. The van der Waals surface area contributed by atoms with Gasteiger partial charge in [0.1, 0.15) is 17.6 Å². The molecular weight excluding hydrogens is 448 g/mol. The average molecular weight is 473 g/mol. The predicted molar refractivity (Wildman–Crippen MR) is 113 cm³/mol. The Hall–Kier alpha value is -1.69. The second-order valence-electron chi connectivity index (χ2n) is 8.36. The van der Waals surface area contributed by atoms with E-state index < -0.39 is 40.1 Å². The van der Waals surface area contributed by atoms with Crippen molar-refractivity contribution in [3.8, 4) is 0 Å². The van der Waals surface area contributed by atoms with Gasteiger partial charge < -0.3 is 19.5 Å². The van der Waals surface area contributed by atoms with Crippen molar-refractivity contribution in [3.05, 3.63) is 15.3 Å². The minimum atomic E-state index is -0.889. The molecule has 170 valence electrons. The summed E-state index contributed by atoms with van der Waals surface area (Å²) in [6.45, 7) is 7.59. The number of fused-ring (bicyclic) bond motifs is 3. The number of hydrogen-bond donors (Lipinski definition) is 1. The maximum Gasteiger partial charge on any atom is 0.348 e. The lowest BCUT2D eigenvalue weighted by Crippen LogP contribution is -2.39. The van der Waals surface area contributed by atoms with Crippen molar-refractivity contribution in [2.75, 3.05) is 17.7 Å². The van der Waals surface area contributed by atoms with Crippen LogP contribution in [0.15, 0.2) is 5.16 Å². The molecule has 0 bridgehead atoms. The molecule has 0 amide bonds. The third kappa shape index (κ3) is 3.75. The van der Waals surface area contributed by atoms with E-state index in [0.717, 1.165) is 12.2 Å². The molecule has 1 aromatic rings. The number of halogens is 1. The van der Waals surface area contributed by atoms with Crippen molar-refractivity contribution in [1.82, 2.24) is 9.97 Å². The molecule has 2 aliphatic carbocycles. The van der Waals surface area contributed by atoms with Crippen LogP contribution in [0.4, 0.5) is 11.5 Å². The van der Waals surface area contributed by atoms with E-state index in [2.05, 4.69) is 15.3 Å². The molecule has 0 spiro atoms. The molecule has 1 N–H and O–H groups in total. The minimum absolute atomic E-state index is 0.0206. The lowest BCUT2D eigenvalue weighted by molar-refractivity contribution is -0.384. The van der Waals surface area contributed by atoms with E-state index in [1.807, 2.05) is 6.92 Å². The smallest absolute Gasteiger partial charge is 0.348 e. The van der Waals surface area contributed by atoms with Crippen molar-refractivity contribution in [1.29, 1.82) is 0 Å². The highest BCUT2D eigenvalue weighted by Crippen LogP contribution is 2.68. The van der Waals surface area contributed by atoms with E-state index in [9.17, 15) is 14.9 Å². The summed E-state index contributed by atoms with van der Waals surface area (Å²) in [7, 11) is 0. The van der Waals surface area contributed by atoms with Crippen LogP contribution in [0.5, 0.6) is 0 Å². The number of rotatable bonds is 8. The van der Waals surface area contributed by atoms with Crippen LogP contribution in [0.25, 0.3) is 0 Å². The van der Waals surface area contributed by atoms with E-state index in [0.29, 0.717) is 11.6 Å². The van der Waals surface area contributed by atoms with E-state index >= 15 is 0 Å². The predicted octanol–water partition coefficient (Wildman–Crippen LogP) is 3.42. The van der Waals surface area contributed by atoms with Gasteiger partial charge in [-0.2, -0.15) is 4.98 Å². The van der Waals surface area contributed by atoms with Gasteiger partial charge in [0.15, 0.2) is 10.9 Å². The first-order chi connectivity index (χ1) is 14.6. The summed E-state index contributed by atoms with van der Waals surface area (Å²) in [6.07, 6.45) is 0.448. The Morgan fingerprint density at radius 1 is 1.39 bits per heavy atom. The maximum atomic E-state index is 12.8. The van der Waals surface area contributed by atoms with Crippen molar-refractivity contribution < 1.29 is 23.9 Å². The lowest BCUT2D eigenvalue weighted by atomic mass is 9.99. The monoisotopic (exact) mass is 472 g/mol. The molecule has 31 heavy (non-hydrogen) atoms. The van der Waals surface area contributed by atoms with Gasteiger partial charge in [0, 0.05) is 11.7 Å². The molecule has 1 aliphatic heterocycles. The Bertz CT molecular complexity index is 918. The summed E-state index contributed by atoms with van der Waals surface area (Å²) in [5.74, 6) is -0.596. The summed E-state index contributed by atoms with van der Waals surface area (Å²) in [5.41, 5.74) is -1.22. The van der Waals surface area contributed by atoms with Gasteiger partial charge in [-0.3, -0.25) is 14.9 Å². The first kappa shape index (κ1) is 22.5. The van der Waals surface area contributed by atoms with Crippen LogP contribution in [0.1, 0.15) is 40.5 Å². The lowest BCUT2D eigenvalue weighted by Gasteiger charge is -2.24. The summed E-state index contributed by atoms with van der Waals surface area (Å²) >= 11 is 7.51. The molecular formula is C19H25ClN4O6S. The van der Waals surface area contributed by atoms with Crippen molar-refractivity contribution in [3.63, 3.8) is 0 Å². The molecule has 12 heteroatoms. The standard InChI is InChI=1S/C19H25ClN4O6S/c1-5-7-31-17-22-14(20)11(24(26)27)15(23-17)21-10-9-8-19(9,16(25)28-6-2)13-12(10)29-18(3,4)30-13/h9-10,12-13H,5-8H2,1-4H3,(H,21,22,23)/t9-,10-,12+,13+,19+/m1/s1. The molecule has 3 fully saturated rings. The van der Waals surface area contributed by atoms with Crippen LogP contribution in [0.2, 0.25) is 5.15 Å². The zero-order valence-corrected chi connectivity index (χ0v) is 19.3. The van der Waals surface area contributed by atoms with Gasteiger partial charge in [-0.05, 0) is 33.6 Å². The number of thioether (sulfide) groups is 1. The average Bonchev–Trinajstić information content (AvgIpc) is 3.27. The Morgan fingerprint density at radius 2 is 2.13 bits per heavy atom. The third-order valence-electron chi connectivity index (χ3n) is 5.88. The zero-order valence-electron chi connectivity index (χ0n) is 17.7. The number of hydrogen-bond acceptors (Lipinski definition) is 10. The maximum absolute atomic E-state index is 12.8. The quantitative estimate of drug-likeness (QED) is 0.150. The minimum Gasteiger partial charge on any atom is -0.465 e. The van der Waals surface area contributed by atoms with Gasteiger partial charge >= 0.3 is 11.7 Å². The molecule has 0 radical (unpaired) electrons. The fourth-order valence-electron chi connectivity index (χ4n) is 4.64. The Kier molecular flexibility index (Phi) is 5.82. The van der Waals surface area contributed by atoms with E-state index in [1.165, 1.54) is 11.8 Å². The molecule has 2 saturated carbocycles. The van der Waals surface area contributed by atoms with Gasteiger partial charge in [-0.25, -0.2) is 4.98 Å². The fourth-order valence-corrected chi connectivity index (χ4v) is 5.63. The van der Waals surface area contributed by atoms with Gasteiger partial charge in [0.05, 0.1) is 17.6 Å². The Labute approximate surface area is 188 Å². The van der Waals surface area contributed by atoms with Crippen LogP contribution in [-0.4, -0.2) is 57.3 Å². The number of nitro groups is 1. The highest BCUT2D eigenvalue weighted by molar-refractivity contribution is 7.99. The Balaban J connectivity index is 1.68. The number of esters is 1. The molecule has 1 saturated heterocycles. The van der Waals surface area contributed by atoms with Crippen molar-refractivity contribution >= 4 is 40.8 Å². The third-order valence-corrected chi connectivity index (χ3v) is 7.20. The number of carbonyl (C=O) groups excluding carboxylic acids is 1. The SMILES string of the molecule is CCCSc1nc(Cl)c([N+](=O)[O-])c(N[C@H]2[C@@H]3OC(C)(C)O[C@@H]3[C@]3(C(=O)OCC)C[C@H]23)n1. The van der Waals surface area contributed by atoms with E-state index in [-0.39, 0.29) is 29.5 Å². The summed E-state index contributed by atoms with van der Waals surface area (Å²) in [6, 6.07) is -0.426. The normalized spacial score (nSPS) is 32.3. The van der Waals surface area contributed by atoms with E-state index in [4.69, 9.17) is 25.8 Å². The molecule has 2 heterocycles. The molecule has 5 atom stereocenters. The topological polar surface area (TPSA) is 126 Å². The van der Waals surface area contributed by atoms with Gasteiger partial charge in [0.25, 0.3) is 0 Å². The summed E-state index contributed by atoms with van der Waals surface area (Å²) in [4.78, 5) is 32.3. The molecule has 0 aromatic carbocycles. The number of aromatic nitrogens is 2. The van der Waals surface area contributed by atoms with Crippen LogP contribution in [0.3, 0.4) is 0 Å². The number of nitrogens with zero attached hydrogens (tertiary/aromatic N) is 3. The number of ether oxygens (including phenoxy) is 3. The fraction of sp³-hybridized carbons (Fsp3) is 0.737. The van der Waals surface area contributed by atoms with Crippen LogP contribution in [0, 0.1) is 21.4 Å². The van der Waals surface area contributed by atoms with Gasteiger partial charge in [0.2, 0.25) is 11.0 Å². The Morgan fingerprint density at radius 3 is 2.77 bits per heavy atom. The van der Waals surface area contributed by atoms with Crippen LogP contribution >= 0.6 is 23.4 Å². The molecule has 1 aromatic heterocycles. The first-order valence-electron chi connectivity index (χ1n) is 10.3. The van der Waals surface area contributed by atoms with Gasteiger partial charge in [-0.15, -0.1) is 0 Å². The van der Waals surface area contributed by atoms with Crippen LogP contribution in [-0.2, 0) is 19.0 Å². The number of carbonyl (C=O) groups is 1. The molecule has 4 rings (SSSR count). The van der Waals surface area contributed by atoms with Crippen molar-refractivity contribution in [2.45, 2.75) is 69.7 Å². The second-order valence-corrected chi connectivity index (χ2v) is 9.78. The number of anilines is 1.